The molecule has 0 heterocycles. The van der Waals surface area contributed by atoms with Crippen molar-refractivity contribution < 1.29 is 9.53 Å². The van der Waals surface area contributed by atoms with Crippen molar-refractivity contribution in [2.24, 2.45) is 0 Å². The van der Waals surface area contributed by atoms with Crippen LogP contribution in [0.15, 0.2) is 30.9 Å². The molecule has 0 aliphatic heterocycles. The smallest absolute Gasteiger partial charge is 0.411 e. The number of carbonyl (C=O) groups excluding carboxylic acids is 1. The van der Waals surface area contributed by atoms with E-state index in [2.05, 4.69) is 11.9 Å². The highest BCUT2D eigenvalue weighted by Gasteiger charge is 2.04. The molecule has 0 saturated carbocycles. The Morgan fingerprint density at radius 1 is 1.47 bits per heavy atom. The van der Waals surface area contributed by atoms with Crippen molar-refractivity contribution in [2.75, 3.05) is 11.9 Å². The minimum absolute atomic E-state index is 0.160. The van der Waals surface area contributed by atoms with Crippen LogP contribution in [0.4, 0.5) is 10.5 Å². The molecule has 80 valence electrons. The number of hydrogen-bond donors (Lipinski definition) is 1. The summed E-state index contributed by atoms with van der Waals surface area (Å²) in [4.78, 5) is 11.1. The average molecular weight is 246 g/mol. The lowest BCUT2D eigenvalue weighted by Gasteiger charge is -2.05. The Labute approximate surface area is 97.6 Å². The van der Waals surface area contributed by atoms with E-state index in [9.17, 15) is 4.79 Å². The number of nitrogens with one attached hydrogen (secondary N) is 1. The van der Waals surface area contributed by atoms with Crippen molar-refractivity contribution in [3.05, 3.63) is 40.9 Å². The van der Waals surface area contributed by atoms with Crippen molar-refractivity contribution in [1.82, 2.24) is 0 Å². The third-order valence-corrected chi connectivity index (χ3v) is 2.24. The van der Waals surface area contributed by atoms with Gasteiger partial charge in [0.1, 0.15) is 6.61 Å². The summed E-state index contributed by atoms with van der Waals surface area (Å²) in [5, 5.41) is 3.30. The van der Waals surface area contributed by atoms with Crippen LogP contribution in [-0.2, 0) is 4.74 Å². The SMILES string of the molecule is C=CCOC(=O)Nc1ccc(Cl)c(Cl)c1. The molecule has 1 amide bonds. The molecule has 15 heavy (non-hydrogen) atoms. The quantitative estimate of drug-likeness (QED) is 0.825. The summed E-state index contributed by atoms with van der Waals surface area (Å²) >= 11 is 11.5. The van der Waals surface area contributed by atoms with E-state index in [1.54, 1.807) is 18.2 Å². The summed E-state index contributed by atoms with van der Waals surface area (Å²) < 4.78 is 4.72. The Hall–Kier alpha value is -1.19. The molecule has 1 aromatic carbocycles. The van der Waals surface area contributed by atoms with Crippen LogP contribution in [0.1, 0.15) is 0 Å². The van der Waals surface area contributed by atoms with Gasteiger partial charge >= 0.3 is 6.09 Å². The van der Waals surface area contributed by atoms with Gasteiger partial charge in [0, 0.05) is 5.69 Å². The maximum atomic E-state index is 11.1. The van der Waals surface area contributed by atoms with Crippen molar-refractivity contribution >= 4 is 35.0 Å². The first-order valence-electron chi connectivity index (χ1n) is 4.13. The summed E-state index contributed by atoms with van der Waals surface area (Å²) in [6, 6.07) is 4.76. The molecule has 0 saturated heterocycles. The molecule has 3 nitrogen and oxygen atoms in total. The van der Waals surface area contributed by atoms with Gasteiger partial charge in [0.25, 0.3) is 0 Å². The van der Waals surface area contributed by atoms with Gasteiger partial charge in [-0.1, -0.05) is 35.9 Å². The summed E-state index contributed by atoms with van der Waals surface area (Å²) in [6.45, 7) is 3.58. The number of ether oxygens (including phenoxy) is 1. The molecule has 0 radical (unpaired) electrons. The summed E-state index contributed by atoms with van der Waals surface area (Å²) in [7, 11) is 0. The van der Waals surface area contributed by atoms with Crippen molar-refractivity contribution in [3.8, 4) is 0 Å². The highest BCUT2D eigenvalue weighted by molar-refractivity contribution is 6.42. The number of hydrogen-bond acceptors (Lipinski definition) is 2. The van der Waals surface area contributed by atoms with E-state index in [0.717, 1.165) is 0 Å². The zero-order valence-corrected chi connectivity index (χ0v) is 9.31. The first-order chi connectivity index (χ1) is 7.13. The number of halogens is 2. The largest absolute Gasteiger partial charge is 0.445 e. The third kappa shape index (κ3) is 3.81. The molecule has 1 N–H and O–H groups in total. The Bertz CT molecular complexity index is 380. The molecule has 0 bridgehead atoms. The number of rotatable bonds is 3. The van der Waals surface area contributed by atoms with E-state index in [0.29, 0.717) is 15.7 Å². The van der Waals surface area contributed by atoms with Gasteiger partial charge in [0.2, 0.25) is 0 Å². The molecule has 1 aromatic rings. The fraction of sp³-hybridized carbons (Fsp3) is 0.100. The van der Waals surface area contributed by atoms with Crippen LogP contribution in [0.25, 0.3) is 0 Å². The topological polar surface area (TPSA) is 38.3 Å². The Kier molecular flexibility index (Phi) is 4.46. The molecule has 0 fully saturated rings. The number of carbonyl (C=O) groups is 1. The normalized spacial score (nSPS) is 9.47. The molecule has 0 aliphatic carbocycles. The molecule has 0 atom stereocenters. The van der Waals surface area contributed by atoms with Gasteiger partial charge in [-0.25, -0.2) is 4.79 Å². The van der Waals surface area contributed by atoms with E-state index < -0.39 is 6.09 Å². The third-order valence-electron chi connectivity index (χ3n) is 1.50. The molecule has 0 aliphatic rings. The van der Waals surface area contributed by atoms with Crippen molar-refractivity contribution in [3.63, 3.8) is 0 Å². The van der Waals surface area contributed by atoms with Crippen molar-refractivity contribution in [1.29, 1.82) is 0 Å². The Morgan fingerprint density at radius 2 is 2.20 bits per heavy atom. The van der Waals surface area contributed by atoms with Gasteiger partial charge in [0.15, 0.2) is 0 Å². The van der Waals surface area contributed by atoms with Crippen molar-refractivity contribution in [2.45, 2.75) is 0 Å². The lowest BCUT2D eigenvalue weighted by molar-refractivity contribution is 0.174. The maximum absolute atomic E-state index is 11.1. The molecule has 0 aromatic heterocycles. The van der Waals surface area contributed by atoms with Gasteiger partial charge in [-0.2, -0.15) is 0 Å². The number of anilines is 1. The van der Waals surface area contributed by atoms with Crippen LogP contribution >= 0.6 is 23.2 Å². The van der Waals surface area contributed by atoms with Gasteiger partial charge in [-0.3, -0.25) is 5.32 Å². The Morgan fingerprint density at radius 3 is 2.80 bits per heavy atom. The van der Waals surface area contributed by atoms with Gasteiger partial charge < -0.3 is 4.74 Å². The fourth-order valence-corrected chi connectivity index (χ4v) is 1.16. The summed E-state index contributed by atoms with van der Waals surface area (Å²) in [6.07, 6.45) is 0.919. The molecular weight excluding hydrogens is 237 g/mol. The minimum Gasteiger partial charge on any atom is -0.445 e. The number of amides is 1. The van der Waals surface area contributed by atoms with E-state index in [4.69, 9.17) is 27.9 Å². The monoisotopic (exact) mass is 245 g/mol. The van der Waals surface area contributed by atoms with Crippen LogP contribution in [-0.4, -0.2) is 12.7 Å². The maximum Gasteiger partial charge on any atom is 0.411 e. The van der Waals surface area contributed by atoms with E-state index in [-0.39, 0.29) is 6.61 Å². The van der Waals surface area contributed by atoms with Crippen LogP contribution in [0.5, 0.6) is 0 Å². The predicted molar refractivity (Wildman–Crippen MR) is 61.6 cm³/mol. The highest BCUT2D eigenvalue weighted by Crippen LogP contribution is 2.24. The summed E-state index contributed by atoms with van der Waals surface area (Å²) in [5.41, 5.74) is 0.526. The first-order valence-corrected chi connectivity index (χ1v) is 4.89. The molecule has 0 unspecified atom stereocenters. The predicted octanol–water partition coefficient (Wildman–Crippen LogP) is 3.73. The fourth-order valence-electron chi connectivity index (χ4n) is 0.862. The minimum atomic E-state index is -0.562. The van der Waals surface area contributed by atoms with Gasteiger partial charge in [0.05, 0.1) is 10.0 Å². The van der Waals surface area contributed by atoms with Crippen LogP contribution in [0, 0.1) is 0 Å². The Balaban J connectivity index is 2.60. The van der Waals surface area contributed by atoms with Crippen LogP contribution < -0.4 is 5.32 Å². The molecular formula is C10H9Cl2NO2. The van der Waals surface area contributed by atoms with E-state index >= 15 is 0 Å². The number of benzene rings is 1. The van der Waals surface area contributed by atoms with Gasteiger partial charge in [-0.05, 0) is 18.2 Å². The zero-order chi connectivity index (χ0) is 11.3. The zero-order valence-electron chi connectivity index (χ0n) is 7.80. The lowest BCUT2D eigenvalue weighted by Crippen LogP contribution is -2.13. The average Bonchev–Trinajstić information content (AvgIpc) is 2.20. The second-order valence-corrected chi connectivity index (χ2v) is 3.46. The summed E-state index contributed by atoms with van der Waals surface area (Å²) in [5.74, 6) is 0. The molecule has 1 rings (SSSR count). The second kappa shape index (κ2) is 5.63. The highest BCUT2D eigenvalue weighted by atomic mass is 35.5. The standard InChI is InChI=1S/C10H9Cl2NO2/c1-2-5-15-10(14)13-7-3-4-8(11)9(12)6-7/h2-4,6H,1,5H2,(H,13,14). The van der Waals surface area contributed by atoms with Crippen LogP contribution in [0.2, 0.25) is 10.0 Å². The van der Waals surface area contributed by atoms with E-state index in [1.165, 1.54) is 6.08 Å². The molecule has 5 heteroatoms. The van der Waals surface area contributed by atoms with Crippen LogP contribution in [0.3, 0.4) is 0 Å². The first kappa shape index (κ1) is 11.9. The van der Waals surface area contributed by atoms with Gasteiger partial charge in [-0.15, -0.1) is 0 Å². The molecule has 0 spiro atoms. The van der Waals surface area contributed by atoms with E-state index in [1.807, 2.05) is 0 Å². The lowest BCUT2D eigenvalue weighted by atomic mass is 10.3. The second-order valence-electron chi connectivity index (χ2n) is 2.64.